The van der Waals surface area contributed by atoms with Gasteiger partial charge in [-0.3, -0.25) is 0 Å². The van der Waals surface area contributed by atoms with Crippen LogP contribution in [0.25, 0.3) is 0 Å². The van der Waals surface area contributed by atoms with Crippen LogP contribution in [-0.4, -0.2) is 29.6 Å². The van der Waals surface area contributed by atoms with Gasteiger partial charge in [0.05, 0.1) is 5.69 Å². The van der Waals surface area contributed by atoms with E-state index in [0.29, 0.717) is 17.8 Å². The van der Waals surface area contributed by atoms with E-state index in [9.17, 15) is 0 Å². The smallest absolute Gasteiger partial charge is 0.222 e. The van der Waals surface area contributed by atoms with Gasteiger partial charge in [0.2, 0.25) is 5.95 Å². The van der Waals surface area contributed by atoms with Crippen molar-refractivity contribution in [3.05, 3.63) is 11.8 Å². The highest BCUT2D eigenvalue weighted by Gasteiger charge is 2.28. The van der Waals surface area contributed by atoms with Crippen LogP contribution in [0.1, 0.15) is 43.7 Å². The summed E-state index contributed by atoms with van der Waals surface area (Å²) in [4.78, 5) is 11.1. The molecule has 5 heteroatoms. The molecule has 1 aliphatic carbocycles. The summed E-state index contributed by atoms with van der Waals surface area (Å²) in [6.45, 7) is 2.75. The lowest BCUT2D eigenvalue weighted by atomic mass is 9.86. The molecule has 2 aliphatic rings. The Morgan fingerprint density at radius 1 is 1.16 bits per heavy atom. The standard InChI is InChI=1S/C14H23N5/c15-7-10-8-19(9-10)13-6-12(17-14(16)18-13)11-4-2-1-3-5-11/h6,10-11H,1-5,7-9,15H2,(H2,16,17,18). The third kappa shape index (κ3) is 2.66. The van der Waals surface area contributed by atoms with Crippen LogP contribution in [0.4, 0.5) is 11.8 Å². The van der Waals surface area contributed by atoms with Gasteiger partial charge < -0.3 is 16.4 Å². The van der Waals surface area contributed by atoms with Crippen LogP contribution < -0.4 is 16.4 Å². The molecule has 19 heavy (non-hydrogen) atoms. The Bertz CT molecular complexity index is 435. The molecule has 0 spiro atoms. The lowest BCUT2D eigenvalue weighted by Crippen LogP contribution is -2.50. The second kappa shape index (κ2) is 5.33. The molecule has 104 valence electrons. The lowest BCUT2D eigenvalue weighted by molar-refractivity contribution is 0.414. The van der Waals surface area contributed by atoms with E-state index in [1.807, 2.05) is 0 Å². The molecule has 0 bridgehead atoms. The van der Waals surface area contributed by atoms with E-state index in [1.165, 1.54) is 32.1 Å². The summed E-state index contributed by atoms with van der Waals surface area (Å²) in [5, 5.41) is 0. The Labute approximate surface area is 114 Å². The van der Waals surface area contributed by atoms with Crippen LogP contribution in [-0.2, 0) is 0 Å². The number of aromatic nitrogens is 2. The first-order valence-electron chi connectivity index (χ1n) is 7.35. The number of anilines is 2. The Balaban J connectivity index is 1.76. The van der Waals surface area contributed by atoms with Crippen molar-refractivity contribution in [3.8, 4) is 0 Å². The van der Waals surface area contributed by atoms with Crippen molar-refractivity contribution in [2.24, 2.45) is 11.7 Å². The van der Waals surface area contributed by atoms with E-state index in [1.54, 1.807) is 0 Å². The predicted octanol–water partition coefficient (Wildman–Crippen LogP) is 1.50. The monoisotopic (exact) mass is 261 g/mol. The van der Waals surface area contributed by atoms with Crippen molar-refractivity contribution in [3.63, 3.8) is 0 Å². The zero-order valence-corrected chi connectivity index (χ0v) is 11.4. The molecule has 1 aromatic rings. The van der Waals surface area contributed by atoms with Gasteiger partial charge in [-0.05, 0) is 19.4 Å². The molecule has 2 fully saturated rings. The quantitative estimate of drug-likeness (QED) is 0.861. The molecule has 2 heterocycles. The van der Waals surface area contributed by atoms with Gasteiger partial charge in [-0.25, -0.2) is 4.98 Å². The van der Waals surface area contributed by atoms with Crippen LogP contribution >= 0.6 is 0 Å². The van der Waals surface area contributed by atoms with Gasteiger partial charge in [0.25, 0.3) is 0 Å². The highest BCUT2D eigenvalue weighted by atomic mass is 15.3. The first kappa shape index (κ1) is 12.7. The average Bonchev–Trinajstić information content (AvgIpc) is 2.38. The van der Waals surface area contributed by atoms with Crippen LogP contribution in [0, 0.1) is 5.92 Å². The Morgan fingerprint density at radius 3 is 2.58 bits per heavy atom. The number of nitrogens with zero attached hydrogens (tertiary/aromatic N) is 3. The van der Waals surface area contributed by atoms with Gasteiger partial charge in [-0.15, -0.1) is 0 Å². The molecule has 5 nitrogen and oxygen atoms in total. The number of hydrogen-bond acceptors (Lipinski definition) is 5. The number of hydrogen-bond donors (Lipinski definition) is 2. The van der Waals surface area contributed by atoms with E-state index in [0.717, 1.165) is 31.1 Å². The summed E-state index contributed by atoms with van der Waals surface area (Å²) < 4.78 is 0. The van der Waals surface area contributed by atoms with E-state index in [-0.39, 0.29) is 0 Å². The van der Waals surface area contributed by atoms with Crippen molar-refractivity contribution in [2.45, 2.75) is 38.0 Å². The Hall–Kier alpha value is -1.36. The molecule has 0 aromatic carbocycles. The maximum atomic E-state index is 5.88. The highest BCUT2D eigenvalue weighted by molar-refractivity contribution is 5.46. The molecule has 1 saturated heterocycles. The summed E-state index contributed by atoms with van der Waals surface area (Å²) in [6.07, 6.45) is 6.45. The molecule has 1 saturated carbocycles. The minimum Gasteiger partial charge on any atom is -0.368 e. The van der Waals surface area contributed by atoms with E-state index >= 15 is 0 Å². The molecule has 0 amide bonds. The zero-order valence-electron chi connectivity index (χ0n) is 11.4. The van der Waals surface area contributed by atoms with Gasteiger partial charge in [0, 0.05) is 31.0 Å². The van der Waals surface area contributed by atoms with Crippen molar-refractivity contribution in [1.82, 2.24) is 9.97 Å². The number of nitrogen functional groups attached to an aromatic ring is 1. The Morgan fingerprint density at radius 2 is 1.89 bits per heavy atom. The second-order valence-electron chi connectivity index (χ2n) is 5.85. The number of nitrogens with two attached hydrogens (primary N) is 2. The highest BCUT2D eigenvalue weighted by Crippen LogP contribution is 2.33. The third-order valence-electron chi connectivity index (χ3n) is 4.39. The molecular weight excluding hydrogens is 238 g/mol. The van der Waals surface area contributed by atoms with E-state index in [2.05, 4.69) is 20.9 Å². The Kier molecular flexibility index (Phi) is 3.55. The second-order valence-corrected chi connectivity index (χ2v) is 5.85. The molecule has 0 atom stereocenters. The van der Waals surface area contributed by atoms with Gasteiger partial charge in [-0.1, -0.05) is 19.3 Å². The molecule has 0 unspecified atom stereocenters. The summed E-state index contributed by atoms with van der Waals surface area (Å²) in [6, 6.07) is 2.14. The van der Waals surface area contributed by atoms with Crippen LogP contribution in [0.3, 0.4) is 0 Å². The van der Waals surface area contributed by atoms with Gasteiger partial charge in [-0.2, -0.15) is 4.98 Å². The van der Waals surface area contributed by atoms with Crippen LogP contribution in [0.5, 0.6) is 0 Å². The molecular formula is C14H23N5. The zero-order chi connectivity index (χ0) is 13.2. The maximum Gasteiger partial charge on any atom is 0.222 e. The van der Waals surface area contributed by atoms with Crippen molar-refractivity contribution >= 4 is 11.8 Å². The molecule has 1 aliphatic heterocycles. The molecule has 1 aromatic heterocycles. The fourth-order valence-corrected chi connectivity index (χ4v) is 3.15. The molecule has 3 rings (SSSR count). The lowest BCUT2D eigenvalue weighted by Gasteiger charge is -2.39. The van der Waals surface area contributed by atoms with Gasteiger partial charge >= 0.3 is 0 Å². The predicted molar refractivity (Wildman–Crippen MR) is 77.0 cm³/mol. The molecule has 4 N–H and O–H groups in total. The van der Waals surface area contributed by atoms with Crippen LogP contribution in [0.2, 0.25) is 0 Å². The van der Waals surface area contributed by atoms with Gasteiger partial charge in [0.15, 0.2) is 0 Å². The summed E-state index contributed by atoms with van der Waals surface area (Å²) in [5.74, 6) is 2.57. The summed E-state index contributed by atoms with van der Waals surface area (Å²) in [5.41, 5.74) is 12.7. The fourth-order valence-electron chi connectivity index (χ4n) is 3.15. The SMILES string of the molecule is NCC1CN(c2cc(C3CCCCC3)nc(N)n2)C1. The first-order chi connectivity index (χ1) is 9.26. The normalized spacial score (nSPS) is 21.4. The fraction of sp³-hybridized carbons (Fsp3) is 0.714. The minimum atomic E-state index is 0.411. The summed E-state index contributed by atoms with van der Waals surface area (Å²) >= 11 is 0. The third-order valence-corrected chi connectivity index (χ3v) is 4.39. The van der Waals surface area contributed by atoms with Gasteiger partial charge in [0.1, 0.15) is 5.82 Å². The topological polar surface area (TPSA) is 81.1 Å². The van der Waals surface area contributed by atoms with Crippen molar-refractivity contribution in [1.29, 1.82) is 0 Å². The van der Waals surface area contributed by atoms with Crippen LogP contribution in [0.15, 0.2) is 6.07 Å². The number of rotatable bonds is 3. The molecule has 0 radical (unpaired) electrons. The van der Waals surface area contributed by atoms with Crippen molar-refractivity contribution < 1.29 is 0 Å². The largest absolute Gasteiger partial charge is 0.368 e. The van der Waals surface area contributed by atoms with E-state index < -0.39 is 0 Å². The average molecular weight is 261 g/mol. The summed E-state index contributed by atoms with van der Waals surface area (Å²) in [7, 11) is 0. The first-order valence-corrected chi connectivity index (χ1v) is 7.35. The van der Waals surface area contributed by atoms with Crippen molar-refractivity contribution in [2.75, 3.05) is 30.3 Å². The van der Waals surface area contributed by atoms with E-state index in [4.69, 9.17) is 11.5 Å². The minimum absolute atomic E-state index is 0.411. The maximum absolute atomic E-state index is 5.88.